The molecule has 0 spiro atoms. The van der Waals surface area contributed by atoms with Gasteiger partial charge in [-0.2, -0.15) is 0 Å². The van der Waals surface area contributed by atoms with Crippen LogP contribution in [-0.2, 0) is 9.59 Å². The number of fused-ring (bicyclic) bond motifs is 2. The van der Waals surface area contributed by atoms with E-state index in [4.69, 9.17) is 5.11 Å². The fraction of sp³-hybridized carbons (Fsp3) is 0. The molecule has 1 heterocycles. The summed E-state index contributed by atoms with van der Waals surface area (Å²) >= 11 is 0. The Balaban J connectivity index is 0.000000192. The minimum atomic E-state index is -1.18. The van der Waals surface area contributed by atoms with E-state index >= 15 is 0 Å². The molecule has 0 bridgehead atoms. The van der Waals surface area contributed by atoms with Crippen molar-refractivity contribution in [3.8, 4) is 0 Å². The van der Waals surface area contributed by atoms with Crippen LogP contribution >= 0.6 is 0 Å². The number of carbonyl (C=O) groups excluding carboxylic acids is 1. The lowest BCUT2D eigenvalue weighted by molar-refractivity contribution is -0.131. The molecule has 0 atom stereocenters. The van der Waals surface area contributed by atoms with Gasteiger partial charge in [0.1, 0.15) is 0 Å². The van der Waals surface area contributed by atoms with Crippen molar-refractivity contribution in [3.05, 3.63) is 66.7 Å². The van der Waals surface area contributed by atoms with Gasteiger partial charge in [-0.05, 0) is 18.2 Å². The van der Waals surface area contributed by atoms with E-state index in [-0.39, 0.29) is 0 Å². The van der Waals surface area contributed by atoms with Gasteiger partial charge in [-0.3, -0.25) is 4.79 Å². The molecular weight excluding hydrogens is 280 g/mol. The Bertz CT molecular complexity index is 736. The summed E-state index contributed by atoms with van der Waals surface area (Å²) in [6.45, 7) is 0. The van der Waals surface area contributed by atoms with Crippen molar-refractivity contribution in [1.82, 2.24) is 4.98 Å². The van der Waals surface area contributed by atoms with Crippen molar-refractivity contribution in [3.63, 3.8) is 0 Å². The molecule has 1 amide bonds. The lowest BCUT2D eigenvalue weighted by Crippen LogP contribution is -2.06. The second-order valence-corrected chi connectivity index (χ2v) is 4.45. The Kier molecular flexibility index (Phi) is 4.82. The standard InChI is InChI=1S/C13H9N.C4H5NO3/c1-3-7-12-10(5-1)9-11-6-2-4-8-13(11)14-12;5-3(6)1-2-4(7)8/h1-9H;1-2H,(H2,5,6)(H,7,8). The number of aromatic nitrogens is 1. The molecule has 0 radical (unpaired) electrons. The highest BCUT2D eigenvalue weighted by Crippen LogP contribution is 2.18. The van der Waals surface area contributed by atoms with Gasteiger partial charge in [-0.15, -0.1) is 0 Å². The van der Waals surface area contributed by atoms with E-state index in [1.54, 1.807) is 0 Å². The fourth-order valence-electron chi connectivity index (χ4n) is 1.87. The van der Waals surface area contributed by atoms with E-state index < -0.39 is 11.9 Å². The second kappa shape index (κ2) is 6.99. The maximum absolute atomic E-state index is 9.78. The first-order chi connectivity index (χ1) is 10.6. The monoisotopic (exact) mass is 294 g/mol. The smallest absolute Gasteiger partial charge is 0.328 e. The molecule has 5 heteroatoms. The average Bonchev–Trinajstić information content (AvgIpc) is 2.51. The molecule has 0 aliphatic rings. The van der Waals surface area contributed by atoms with E-state index in [9.17, 15) is 9.59 Å². The van der Waals surface area contributed by atoms with Crippen molar-refractivity contribution in [2.75, 3.05) is 0 Å². The van der Waals surface area contributed by atoms with E-state index in [1.165, 1.54) is 10.8 Å². The molecule has 0 saturated carbocycles. The molecular formula is C17H14N2O3. The summed E-state index contributed by atoms with van der Waals surface area (Å²) in [4.78, 5) is 24.0. The maximum atomic E-state index is 9.78. The predicted molar refractivity (Wildman–Crippen MR) is 85.2 cm³/mol. The first-order valence-corrected chi connectivity index (χ1v) is 6.51. The highest BCUT2D eigenvalue weighted by Gasteiger charge is 1.96. The van der Waals surface area contributed by atoms with Gasteiger partial charge in [0.25, 0.3) is 0 Å². The molecule has 3 rings (SSSR count). The Morgan fingerprint density at radius 3 is 1.82 bits per heavy atom. The number of pyridine rings is 1. The first-order valence-electron chi connectivity index (χ1n) is 6.51. The summed E-state index contributed by atoms with van der Waals surface area (Å²) in [5.74, 6) is -1.93. The van der Waals surface area contributed by atoms with Crippen LogP contribution in [0.5, 0.6) is 0 Å². The number of rotatable bonds is 2. The lowest BCUT2D eigenvalue weighted by atomic mass is 10.1. The van der Waals surface area contributed by atoms with Crippen molar-refractivity contribution < 1.29 is 14.7 Å². The number of hydrogen-bond donors (Lipinski definition) is 2. The fourth-order valence-corrected chi connectivity index (χ4v) is 1.87. The molecule has 110 valence electrons. The zero-order valence-electron chi connectivity index (χ0n) is 11.6. The van der Waals surface area contributed by atoms with Crippen molar-refractivity contribution in [2.24, 2.45) is 5.73 Å². The highest BCUT2D eigenvalue weighted by molar-refractivity contribution is 5.93. The predicted octanol–water partition coefficient (Wildman–Crippen LogP) is 2.50. The van der Waals surface area contributed by atoms with Crippen LogP contribution in [0.15, 0.2) is 66.7 Å². The quantitative estimate of drug-likeness (QED) is 0.561. The van der Waals surface area contributed by atoms with Crippen LogP contribution in [0.25, 0.3) is 21.8 Å². The van der Waals surface area contributed by atoms with Crippen LogP contribution in [-0.4, -0.2) is 22.0 Å². The number of nitrogens with two attached hydrogens (primary N) is 1. The molecule has 2 aromatic carbocycles. The number of amides is 1. The number of benzene rings is 2. The van der Waals surface area contributed by atoms with Crippen LogP contribution in [0.3, 0.4) is 0 Å². The summed E-state index contributed by atoms with van der Waals surface area (Å²) in [6, 6.07) is 18.6. The van der Waals surface area contributed by atoms with Gasteiger partial charge in [0.15, 0.2) is 0 Å². The number of carboxylic acid groups (broad SMARTS) is 1. The molecule has 3 aromatic rings. The Labute approximate surface area is 126 Å². The van der Waals surface area contributed by atoms with Gasteiger partial charge in [0, 0.05) is 22.9 Å². The first kappa shape index (κ1) is 15.2. The van der Waals surface area contributed by atoms with E-state index in [0.29, 0.717) is 6.08 Å². The zero-order chi connectivity index (χ0) is 15.9. The maximum Gasteiger partial charge on any atom is 0.328 e. The summed E-state index contributed by atoms with van der Waals surface area (Å²) in [5, 5.41) is 10.3. The third kappa shape index (κ3) is 4.14. The largest absolute Gasteiger partial charge is 0.478 e. The highest BCUT2D eigenvalue weighted by atomic mass is 16.4. The van der Waals surface area contributed by atoms with Gasteiger partial charge in [-0.25, -0.2) is 9.78 Å². The molecule has 0 fully saturated rings. The van der Waals surface area contributed by atoms with Crippen molar-refractivity contribution >= 4 is 33.7 Å². The number of carboxylic acids is 1. The zero-order valence-corrected chi connectivity index (χ0v) is 11.6. The minimum absolute atomic E-state index is 0.683. The molecule has 0 aliphatic carbocycles. The molecule has 0 aliphatic heterocycles. The summed E-state index contributed by atoms with van der Waals surface area (Å²) in [6.07, 6.45) is 1.46. The SMILES string of the molecule is NC(=O)C=CC(=O)O.c1ccc2nc3ccccc3cc2c1. The van der Waals surface area contributed by atoms with Gasteiger partial charge >= 0.3 is 5.97 Å². The number of hydrogen-bond acceptors (Lipinski definition) is 3. The summed E-state index contributed by atoms with van der Waals surface area (Å²) in [5.41, 5.74) is 6.67. The molecule has 22 heavy (non-hydrogen) atoms. The Morgan fingerprint density at radius 1 is 0.909 bits per heavy atom. The lowest BCUT2D eigenvalue weighted by Gasteiger charge is -1.99. The summed E-state index contributed by atoms with van der Waals surface area (Å²) < 4.78 is 0. The molecule has 0 saturated heterocycles. The minimum Gasteiger partial charge on any atom is -0.478 e. The molecule has 3 N–H and O–H groups in total. The van der Waals surface area contributed by atoms with Crippen LogP contribution in [0.1, 0.15) is 0 Å². The third-order valence-corrected chi connectivity index (χ3v) is 2.82. The van der Waals surface area contributed by atoms with E-state index in [2.05, 4.69) is 28.9 Å². The topological polar surface area (TPSA) is 93.3 Å². The molecule has 1 aromatic heterocycles. The van der Waals surface area contributed by atoms with Gasteiger partial charge in [-0.1, -0.05) is 36.4 Å². The van der Waals surface area contributed by atoms with Crippen molar-refractivity contribution in [2.45, 2.75) is 0 Å². The van der Waals surface area contributed by atoms with Gasteiger partial charge in [0.05, 0.1) is 11.0 Å². The Hall–Kier alpha value is -3.21. The van der Waals surface area contributed by atoms with Crippen LogP contribution < -0.4 is 5.73 Å². The van der Waals surface area contributed by atoms with E-state index in [0.717, 1.165) is 17.1 Å². The summed E-state index contributed by atoms with van der Waals surface area (Å²) in [7, 11) is 0. The van der Waals surface area contributed by atoms with Crippen LogP contribution in [0, 0.1) is 0 Å². The third-order valence-electron chi connectivity index (χ3n) is 2.82. The number of carbonyl (C=O) groups is 2. The molecule has 0 unspecified atom stereocenters. The number of para-hydroxylation sites is 2. The van der Waals surface area contributed by atoms with Gasteiger partial charge in [0.2, 0.25) is 5.91 Å². The molecule has 5 nitrogen and oxygen atoms in total. The second-order valence-electron chi connectivity index (χ2n) is 4.45. The van der Waals surface area contributed by atoms with Crippen LogP contribution in [0.4, 0.5) is 0 Å². The number of primary amides is 1. The average molecular weight is 294 g/mol. The van der Waals surface area contributed by atoms with Crippen LogP contribution in [0.2, 0.25) is 0 Å². The van der Waals surface area contributed by atoms with Gasteiger partial charge < -0.3 is 10.8 Å². The van der Waals surface area contributed by atoms with E-state index in [1.807, 2.05) is 36.4 Å². The number of nitrogens with zero attached hydrogens (tertiary/aromatic N) is 1. The van der Waals surface area contributed by atoms with Crippen molar-refractivity contribution in [1.29, 1.82) is 0 Å². The Morgan fingerprint density at radius 2 is 1.41 bits per heavy atom. The normalized spacial score (nSPS) is 10.4. The number of aliphatic carboxylic acids is 1.